The van der Waals surface area contributed by atoms with E-state index in [1.54, 1.807) is 12.1 Å². The van der Waals surface area contributed by atoms with E-state index in [9.17, 15) is 4.79 Å². The highest BCUT2D eigenvalue weighted by atomic mass is 35.5. The summed E-state index contributed by atoms with van der Waals surface area (Å²) in [6.07, 6.45) is 2.81. The summed E-state index contributed by atoms with van der Waals surface area (Å²) >= 11 is 5.99. The summed E-state index contributed by atoms with van der Waals surface area (Å²) in [5.41, 5.74) is 0.565. The van der Waals surface area contributed by atoms with Crippen LogP contribution in [0.15, 0.2) is 12.1 Å². The van der Waals surface area contributed by atoms with Crippen LogP contribution in [0.25, 0.3) is 0 Å². The molecule has 1 aromatic rings. The lowest BCUT2D eigenvalue weighted by Gasteiger charge is -2.32. The molecule has 0 bridgehead atoms. The van der Waals surface area contributed by atoms with Gasteiger partial charge in [-0.1, -0.05) is 11.6 Å². The number of hydrogen-bond donors (Lipinski definition) is 2. The van der Waals surface area contributed by atoms with Gasteiger partial charge in [-0.15, -0.1) is 0 Å². The number of rotatable bonds is 5. The van der Waals surface area contributed by atoms with E-state index >= 15 is 0 Å². The fraction of sp³-hybridized carbons (Fsp3) is 0.600. The van der Waals surface area contributed by atoms with Gasteiger partial charge in [-0.2, -0.15) is 0 Å². The predicted octanol–water partition coefficient (Wildman–Crippen LogP) is 2.40. The van der Waals surface area contributed by atoms with E-state index in [2.05, 4.69) is 10.3 Å². The second-order valence-electron chi connectivity index (χ2n) is 5.37. The van der Waals surface area contributed by atoms with Gasteiger partial charge in [-0.3, -0.25) is 4.79 Å². The number of aliphatic hydroxyl groups is 1. The van der Waals surface area contributed by atoms with Crippen molar-refractivity contribution in [2.75, 3.05) is 31.6 Å². The van der Waals surface area contributed by atoms with Crippen LogP contribution in [0.1, 0.15) is 36.5 Å². The largest absolute Gasteiger partial charge is 0.396 e. The first-order valence-electron chi connectivity index (χ1n) is 7.45. The van der Waals surface area contributed by atoms with E-state index in [1.165, 1.54) is 0 Å². The summed E-state index contributed by atoms with van der Waals surface area (Å²) in [7, 11) is 0. The highest BCUT2D eigenvalue weighted by Gasteiger charge is 2.24. The minimum atomic E-state index is -0.0129. The van der Waals surface area contributed by atoms with E-state index in [1.807, 2.05) is 11.8 Å². The third-order valence-corrected chi connectivity index (χ3v) is 3.94. The number of piperidine rings is 1. The standard InChI is InChI=1S/C15H22ClN3O2/c1-2-17-14-9-12(8-13(16)18-14)15(21)19-6-3-4-11(10-19)5-7-20/h8-9,11,20H,2-7,10H2,1H3,(H,17,18). The van der Waals surface area contributed by atoms with Gasteiger partial charge in [0, 0.05) is 31.8 Å². The number of carbonyl (C=O) groups is 1. The van der Waals surface area contributed by atoms with E-state index in [-0.39, 0.29) is 12.5 Å². The van der Waals surface area contributed by atoms with E-state index in [0.717, 1.165) is 32.4 Å². The molecule has 5 nitrogen and oxygen atoms in total. The van der Waals surface area contributed by atoms with Crippen LogP contribution in [0.5, 0.6) is 0 Å². The molecule has 0 radical (unpaired) electrons. The van der Waals surface area contributed by atoms with E-state index in [0.29, 0.717) is 29.0 Å². The Morgan fingerprint density at radius 2 is 2.38 bits per heavy atom. The molecule has 6 heteroatoms. The second-order valence-corrected chi connectivity index (χ2v) is 5.75. The Bertz CT molecular complexity index is 494. The molecule has 2 rings (SSSR count). The molecule has 1 saturated heterocycles. The van der Waals surface area contributed by atoms with Gasteiger partial charge in [0.05, 0.1) is 0 Å². The minimum absolute atomic E-state index is 0.0129. The molecule has 1 atom stereocenters. The van der Waals surface area contributed by atoms with Crippen LogP contribution in [-0.4, -0.2) is 47.1 Å². The lowest BCUT2D eigenvalue weighted by Crippen LogP contribution is -2.40. The number of aromatic nitrogens is 1. The molecular formula is C15H22ClN3O2. The average molecular weight is 312 g/mol. The maximum absolute atomic E-state index is 12.6. The Labute approximate surface area is 130 Å². The summed E-state index contributed by atoms with van der Waals surface area (Å²) in [6.45, 7) is 4.34. The highest BCUT2D eigenvalue weighted by Crippen LogP contribution is 2.22. The summed E-state index contributed by atoms with van der Waals surface area (Å²) in [5, 5.41) is 12.5. The number of anilines is 1. The van der Waals surface area contributed by atoms with Crippen molar-refractivity contribution >= 4 is 23.3 Å². The van der Waals surface area contributed by atoms with Gasteiger partial charge in [0.15, 0.2) is 0 Å². The number of hydrogen-bond acceptors (Lipinski definition) is 4. The maximum Gasteiger partial charge on any atom is 0.254 e. The Hall–Kier alpha value is -1.33. The number of amides is 1. The molecule has 1 aliphatic heterocycles. The van der Waals surface area contributed by atoms with Crippen LogP contribution in [0.4, 0.5) is 5.82 Å². The first-order valence-corrected chi connectivity index (χ1v) is 7.83. The molecule has 116 valence electrons. The first-order chi connectivity index (χ1) is 10.1. The van der Waals surface area contributed by atoms with Crippen molar-refractivity contribution in [1.29, 1.82) is 0 Å². The Kier molecular flexibility index (Phi) is 5.82. The molecule has 1 unspecified atom stereocenters. The van der Waals surface area contributed by atoms with Crippen molar-refractivity contribution in [1.82, 2.24) is 9.88 Å². The van der Waals surface area contributed by atoms with Crippen LogP contribution in [-0.2, 0) is 0 Å². The third-order valence-electron chi connectivity index (χ3n) is 3.74. The van der Waals surface area contributed by atoms with Gasteiger partial charge in [-0.25, -0.2) is 4.98 Å². The smallest absolute Gasteiger partial charge is 0.254 e. The van der Waals surface area contributed by atoms with Crippen LogP contribution in [0, 0.1) is 5.92 Å². The van der Waals surface area contributed by atoms with Crippen LogP contribution in [0.2, 0.25) is 5.15 Å². The number of aliphatic hydroxyl groups excluding tert-OH is 1. The molecule has 1 fully saturated rings. The lowest BCUT2D eigenvalue weighted by atomic mass is 9.95. The molecule has 0 saturated carbocycles. The molecule has 2 N–H and O–H groups in total. The SMILES string of the molecule is CCNc1cc(C(=O)N2CCCC(CCO)C2)cc(Cl)n1. The number of likely N-dealkylation sites (tertiary alicyclic amines) is 1. The molecule has 1 amide bonds. The molecule has 1 aromatic heterocycles. The van der Waals surface area contributed by atoms with Gasteiger partial charge < -0.3 is 15.3 Å². The fourth-order valence-electron chi connectivity index (χ4n) is 2.74. The van der Waals surface area contributed by atoms with Gasteiger partial charge in [-0.05, 0) is 44.2 Å². The number of nitrogens with zero attached hydrogens (tertiary/aromatic N) is 2. The zero-order chi connectivity index (χ0) is 15.2. The Morgan fingerprint density at radius 1 is 1.57 bits per heavy atom. The van der Waals surface area contributed by atoms with Crippen molar-refractivity contribution < 1.29 is 9.90 Å². The number of carbonyl (C=O) groups excluding carboxylic acids is 1. The van der Waals surface area contributed by atoms with Crippen LogP contribution in [0.3, 0.4) is 0 Å². The van der Waals surface area contributed by atoms with Crippen molar-refractivity contribution in [3.05, 3.63) is 22.8 Å². The fourth-order valence-corrected chi connectivity index (χ4v) is 2.95. The molecular weight excluding hydrogens is 290 g/mol. The normalized spacial score (nSPS) is 18.6. The monoisotopic (exact) mass is 311 g/mol. The summed E-state index contributed by atoms with van der Waals surface area (Å²) < 4.78 is 0. The molecule has 2 heterocycles. The van der Waals surface area contributed by atoms with E-state index in [4.69, 9.17) is 16.7 Å². The second kappa shape index (κ2) is 7.61. The Morgan fingerprint density at radius 3 is 3.10 bits per heavy atom. The molecule has 0 aromatic carbocycles. The molecule has 0 aliphatic carbocycles. The highest BCUT2D eigenvalue weighted by molar-refractivity contribution is 6.29. The number of nitrogens with one attached hydrogen (secondary N) is 1. The minimum Gasteiger partial charge on any atom is -0.396 e. The lowest BCUT2D eigenvalue weighted by molar-refractivity contribution is 0.0653. The zero-order valence-corrected chi connectivity index (χ0v) is 13.1. The summed E-state index contributed by atoms with van der Waals surface area (Å²) in [6, 6.07) is 3.35. The summed E-state index contributed by atoms with van der Waals surface area (Å²) in [4.78, 5) is 18.6. The van der Waals surface area contributed by atoms with Gasteiger partial charge in [0.2, 0.25) is 0 Å². The zero-order valence-electron chi connectivity index (χ0n) is 12.3. The number of halogens is 1. The quantitative estimate of drug-likeness (QED) is 0.820. The van der Waals surface area contributed by atoms with Crippen LogP contribution < -0.4 is 5.32 Å². The average Bonchev–Trinajstić information content (AvgIpc) is 2.47. The molecule has 1 aliphatic rings. The third kappa shape index (κ3) is 4.32. The molecule has 21 heavy (non-hydrogen) atoms. The van der Waals surface area contributed by atoms with Gasteiger partial charge >= 0.3 is 0 Å². The predicted molar refractivity (Wildman–Crippen MR) is 83.7 cm³/mol. The van der Waals surface area contributed by atoms with Crippen molar-refractivity contribution in [2.24, 2.45) is 5.92 Å². The van der Waals surface area contributed by atoms with Crippen molar-refractivity contribution in [3.63, 3.8) is 0 Å². The maximum atomic E-state index is 12.6. The first kappa shape index (κ1) is 16.0. The summed E-state index contributed by atoms with van der Waals surface area (Å²) in [5.74, 6) is 0.997. The number of pyridine rings is 1. The van der Waals surface area contributed by atoms with E-state index < -0.39 is 0 Å². The van der Waals surface area contributed by atoms with Crippen molar-refractivity contribution in [2.45, 2.75) is 26.2 Å². The topological polar surface area (TPSA) is 65.5 Å². The van der Waals surface area contributed by atoms with Crippen molar-refractivity contribution in [3.8, 4) is 0 Å². The van der Waals surface area contributed by atoms with Gasteiger partial charge in [0.25, 0.3) is 5.91 Å². The molecule has 0 spiro atoms. The Balaban J connectivity index is 2.11. The van der Waals surface area contributed by atoms with Crippen LogP contribution >= 0.6 is 11.6 Å². The van der Waals surface area contributed by atoms with Gasteiger partial charge in [0.1, 0.15) is 11.0 Å².